The fourth-order valence-electron chi connectivity index (χ4n) is 2.66. The Kier molecular flexibility index (Phi) is 5.62. The number of hydrogen-bond donors (Lipinski definition) is 0. The third kappa shape index (κ3) is 4.04. The molecule has 28 heavy (non-hydrogen) atoms. The molecule has 1 fully saturated rings. The van der Waals surface area contributed by atoms with E-state index in [-0.39, 0.29) is 5.91 Å². The molecule has 2 aromatic carbocycles. The summed E-state index contributed by atoms with van der Waals surface area (Å²) in [6.07, 6.45) is 5.02. The van der Waals surface area contributed by atoms with Crippen LogP contribution in [0, 0.1) is 0 Å². The monoisotopic (exact) mass is 469 g/mol. The second kappa shape index (κ2) is 8.31. The Morgan fingerprint density at radius 2 is 1.93 bits per heavy atom. The number of thioether (sulfide) groups is 1. The molecule has 0 atom stereocenters. The zero-order chi connectivity index (χ0) is 19.5. The molecule has 1 aromatic heterocycles. The maximum absolute atomic E-state index is 13.2. The summed E-state index contributed by atoms with van der Waals surface area (Å²) in [5.74, 6) is -0.125. The van der Waals surface area contributed by atoms with E-state index >= 15 is 0 Å². The van der Waals surface area contributed by atoms with Crippen LogP contribution in [-0.2, 0) is 4.79 Å². The highest BCUT2D eigenvalue weighted by atomic mass is 79.9. The van der Waals surface area contributed by atoms with Crippen molar-refractivity contribution in [2.75, 3.05) is 4.90 Å². The molecule has 7 heteroatoms. The van der Waals surface area contributed by atoms with Crippen LogP contribution in [0.1, 0.15) is 5.56 Å². The van der Waals surface area contributed by atoms with Crippen molar-refractivity contribution in [2.45, 2.75) is 0 Å². The van der Waals surface area contributed by atoms with Gasteiger partial charge in [-0.2, -0.15) is 0 Å². The van der Waals surface area contributed by atoms with E-state index in [9.17, 15) is 4.79 Å². The van der Waals surface area contributed by atoms with Crippen molar-refractivity contribution in [2.24, 2.45) is 4.99 Å². The molecule has 2 heterocycles. The molecule has 4 nitrogen and oxygen atoms in total. The van der Waals surface area contributed by atoms with Gasteiger partial charge in [0.15, 0.2) is 5.17 Å². The highest BCUT2D eigenvalue weighted by molar-refractivity contribution is 9.10. The average Bonchev–Trinajstić information content (AvgIpc) is 2.99. The smallest absolute Gasteiger partial charge is 0.268 e. The van der Waals surface area contributed by atoms with E-state index in [0.29, 0.717) is 20.8 Å². The van der Waals surface area contributed by atoms with Gasteiger partial charge < -0.3 is 0 Å². The van der Waals surface area contributed by atoms with Crippen molar-refractivity contribution in [3.05, 3.63) is 93.0 Å². The van der Waals surface area contributed by atoms with E-state index in [2.05, 4.69) is 25.9 Å². The Balaban J connectivity index is 1.79. The van der Waals surface area contributed by atoms with Crippen molar-refractivity contribution in [1.29, 1.82) is 0 Å². The summed E-state index contributed by atoms with van der Waals surface area (Å²) >= 11 is 11.0. The van der Waals surface area contributed by atoms with Gasteiger partial charge in [-0.05, 0) is 53.7 Å². The molecule has 0 bridgehead atoms. The van der Waals surface area contributed by atoms with E-state index in [4.69, 9.17) is 11.6 Å². The Morgan fingerprint density at radius 1 is 1.11 bits per heavy atom. The minimum absolute atomic E-state index is 0.125. The summed E-state index contributed by atoms with van der Waals surface area (Å²) in [5, 5.41) is 0.978. The number of halogens is 2. The Morgan fingerprint density at radius 3 is 2.68 bits per heavy atom. The van der Waals surface area contributed by atoms with Crippen LogP contribution >= 0.6 is 39.3 Å². The number of para-hydroxylation sites is 1. The predicted octanol–water partition coefficient (Wildman–Crippen LogP) is 6.31. The lowest BCUT2D eigenvalue weighted by Crippen LogP contribution is -2.28. The van der Waals surface area contributed by atoms with Gasteiger partial charge in [0.05, 0.1) is 21.3 Å². The van der Waals surface area contributed by atoms with E-state index in [0.717, 1.165) is 15.7 Å². The second-order valence-corrected chi connectivity index (χ2v) is 8.20. The Bertz CT molecular complexity index is 1100. The summed E-state index contributed by atoms with van der Waals surface area (Å²) in [6.45, 7) is 0. The molecule has 0 unspecified atom stereocenters. The molecule has 1 aliphatic heterocycles. The van der Waals surface area contributed by atoms with Crippen molar-refractivity contribution in [1.82, 2.24) is 4.98 Å². The molecule has 0 spiro atoms. The van der Waals surface area contributed by atoms with Gasteiger partial charge in [-0.15, -0.1) is 0 Å². The van der Waals surface area contributed by atoms with Crippen LogP contribution in [0.5, 0.6) is 0 Å². The lowest BCUT2D eigenvalue weighted by atomic mass is 10.2. The fourth-order valence-corrected chi connectivity index (χ4v) is 4.24. The van der Waals surface area contributed by atoms with Gasteiger partial charge in [-0.25, -0.2) is 4.99 Å². The molecular weight excluding hydrogens is 458 g/mol. The van der Waals surface area contributed by atoms with Crippen LogP contribution in [0.15, 0.2) is 87.4 Å². The number of amidine groups is 1. The summed E-state index contributed by atoms with van der Waals surface area (Å²) in [4.78, 5) is 24.0. The van der Waals surface area contributed by atoms with Crippen LogP contribution < -0.4 is 4.90 Å². The minimum Gasteiger partial charge on any atom is -0.268 e. The number of rotatable bonds is 3. The number of aliphatic imine (C=N–C) groups is 1. The van der Waals surface area contributed by atoms with Crippen LogP contribution in [0.25, 0.3) is 6.08 Å². The molecule has 4 rings (SSSR count). The SMILES string of the molecule is O=C1/C(=C/c2cccc(Br)c2)SC(=Nc2ccncc2Cl)N1c1ccccc1. The summed E-state index contributed by atoms with van der Waals surface area (Å²) in [5.41, 5.74) is 2.25. The Labute approximate surface area is 180 Å². The molecule has 138 valence electrons. The van der Waals surface area contributed by atoms with Gasteiger partial charge in [0.2, 0.25) is 0 Å². The van der Waals surface area contributed by atoms with Crippen LogP contribution in [0.3, 0.4) is 0 Å². The minimum atomic E-state index is -0.125. The first-order chi connectivity index (χ1) is 13.6. The molecule has 0 radical (unpaired) electrons. The first-order valence-electron chi connectivity index (χ1n) is 8.34. The van der Waals surface area contributed by atoms with Crippen molar-refractivity contribution in [3.8, 4) is 0 Å². The summed E-state index contributed by atoms with van der Waals surface area (Å²) < 4.78 is 0.953. The number of pyridine rings is 1. The summed E-state index contributed by atoms with van der Waals surface area (Å²) in [7, 11) is 0. The van der Waals surface area contributed by atoms with Gasteiger partial charge in [-0.3, -0.25) is 14.7 Å². The van der Waals surface area contributed by atoms with Crippen LogP contribution in [0.4, 0.5) is 11.4 Å². The Hall–Kier alpha value is -2.41. The van der Waals surface area contributed by atoms with E-state index in [1.54, 1.807) is 17.2 Å². The van der Waals surface area contributed by atoms with Gasteiger partial charge in [0.25, 0.3) is 5.91 Å². The second-order valence-electron chi connectivity index (χ2n) is 5.86. The number of nitrogens with zero attached hydrogens (tertiary/aromatic N) is 3. The topological polar surface area (TPSA) is 45.6 Å². The lowest BCUT2D eigenvalue weighted by Gasteiger charge is -2.15. The standard InChI is InChI=1S/C21H13BrClN3OS/c22-15-6-4-5-14(11-15)12-19-20(27)26(16-7-2-1-3-8-16)21(28-19)25-18-9-10-24-13-17(18)23/h1-13H/b19-12-,25-21?. The fraction of sp³-hybridized carbons (Fsp3) is 0. The number of anilines is 1. The maximum Gasteiger partial charge on any atom is 0.271 e. The molecule has 3 aromatic rings. The zero-order valence-corrected chi connectivity index (χ0v) is 17.6. The quantitative estimate of drug-likeness (QED) is 0.422. The first-order valence-corrected chi connectivity index (χ1v) is 10.3. The number of aromatic nitrogens is 1. The van der Waals surface area contributed by atoms with Crippen molar-refractivity contribution in [3.63, 3.8) is 0 Å². The maximum atomic E-state index is 13.2. The molecule has 0 saturated carbocycles. The number of benzene rings is 2. The molecule has 0 N–H and O–H groups in total. The van der Waals surface area contributed by atoms with E-state index in [1.807, 2.05) is 60.7 Å². The number of carbonyl (C=O) groups is 1. The van der Waals surface area contributed by atoms with Gasteiger partial charge >= 0.3 is 0 Å². The van der Waals surface area contributed by atoms with Crippen molar-refractivity contribution < 1.29 is 4.79 Å². The van der Waals surface area contributed by atoms with Crippen LogP contribution in [-0.4, -0.2) is 16.1 Å². The number of amides is 1. The van der Waals surface area contributed by atoms with Crippen molar-refractivity contribution >= 4 is 67.8 Å². The zero-order valence-electron chi connectivity index (χ0n) is 14.4. The summed E-state index contributed by atoms with van der Waals surface area (Å²) in [6, 6.07) is 19.0. The lowest BCUT2D eigenvalue weighted by molar-refractivity contribution is -0.113. The van der Waals surface area contributed by atoms with Gasteiger partial charge in [0.1, 0.15) is 0 Å². The highest BCUT2D eigenvalue weighted by Gasteiger charge is 2.34. The van der Waals surface area contributed by atoms with Gasteiger partial charge in [0, 0.05) is 16.9 Å². The first kappa shape index (κ1) is 18.9. The third-order valence-electron chi connectivity index (χ3n) is 3.93. The van der Waals surface area contributed by atoms with E-state index < -0.39 is 0 Å². The van der Waals surface area contributed by atoms with Crippen LogP contribution in [0.2, 0.25) is 5.02 Å². The molecule has 0 aliphatic carbocycles. The van der Waals surface area contributed by atoms with E-state index in [1.165, 1.54) is 18.0 Å². The molecule has 1 aliphatic rings. The molecule has 1 saturated heterocycles. The average molecular weight is 471 g/mol. The molecule has 1 amide bonds. The largest absolute Gasteiger partial charge is 0.271 e. The molecular formula is C21H13BrClN3OS. The normalized spacial score (nSPS) is 16.9. The number of hydrogen-bond acceptors (Lipinski definition) is 4. The number of carbonyl (C=O) groups excluding carboxylic acids is 1. The van der Waals surface area contributed by atoms with Gasteiger partial charge in [-0.1, -0.05) is 57.9 Å². The third-order valence-corrected chi connectivity index (χ3v) is 5.69. The highest BCUT2D eigenvalue weighted by Crippen LogP contribution is 2.38. The predicted molar refractivity (Wildman–Crippen MR) is 120 cm³/mol.